The first-order valence-electron chi connectivity index (χ1n) is 8.19. The van der Waals surface area contributed by atoms with E-state index in [4.69, 9.17) is 4.74 Å². The van der Waals surface area contributed by atoms with E-state index in [0.29, 0.717) is 23.5 Å². The van der Waals surface area contributed by atoms with Crippen LogP contribution in [0.25, 0.3) is 11.1 Å². The fraction of sp³-hybridized carbons (Fsp3) is 0.0952. The molecule has 3 aromatic carbocycles. The van der Waals surface area contributed by atoms with Crippen molar-refractivity contribution in [3.63, 3.8) is 0 Å². The molecule has 0 fully saturated rings. The standard InChI is InChI=1S/C21H18O5S/c1-27(24,25)20-11-10-17(21(22)23)13-19(20)16-8-5-9-18(12-16)26-14-15-6-3-2-4-7-15/h2-13H,14H2,1H3,(H,22,23). The molecule has 0 heterocycles. The zero-order chi connectivity index (χ0) is 19.4. The summed E-state index contributed by atoms with van der Waals surface area (Å²) >= 11 is 0. The van der Waals surface area contributed by atoms with Gasteiger partial charge in [-0.3, -0.25) is 0 Å². The minimum Gasteiger partial charge on any atom is -0.489 e. The van der Waals surface area contributed by atoms with E-state index < -0.39 is 15.8 Å². The first kappa shape index (κ1) is 18.7. The van der Waals surface area contributed by atoms with Gasteiger partial charge in [-0.2, -0.15) is 0 Å². The molecule has 0 spiro atoms. The average Bonchev–Trinajstić information content (AvgIpc) is 2.66. The lowest BCUT2D eigenvalue weighted by Gasteiger charge is -2.12. The highest BCUT2D eigenvalue weighted by Gasteiger charge is 2.17. The van der Waals surface area contributed by atoms with Gasteiger partial charge in [-0.05, 0) is 41.5 Å². The molecule has 0 atom stereocenters. The van der Waals surface area contributed by atoms with E-state index in [1.54, 1.807) is 24.3 Å². The van der Waals surface area contributed by atoms with E-state index >= 15 is 0 Å². The molecule has 0 saturated heterocycles. The van der Waals surface area contributed by atoms with Crippen LogP contribution in [-0.2, 0) is 16.4 Å². The van der Waals surface area contributed by atoms with Crippen molar-refractivity contribution in [2.75, 3.05) is 6.26 Å². The zero-order valence-corrected chi connectivity index (χ0v) is 15.4. The smallest absolute Gasteiger partial charge is 0.335 e. The number of benzene rings is 3. The maximum Gasteiger partial charge on any atom is 0.335 e. The van der Waals surface area contributed by atoms with Crippen LogP contribution in [0.4, 0.5) is 0 Å². The predicted octanol–water partition coefficient (Wildman–Crippen LogP) is 4.03. The minimum absolute atomic E-state index is 0.0213. The SMILES string of the molecule is CS(=O)(=O)c1ccc(C(=O)O)cc1-c1cccc(OCc2ccccc2)c1. The van der Waals surface area contributed by atoms with Gasteiger partial charge in [-0.15, -0.1) is 0 Å². The summed E-state index contributed by atoms with van der Waals surface area (Å²) in [5.41, 5.74) is 1.94. The van der Waals surface area contributed by atoms with Crippen molar-refractivity contribution < 1.29 is 23.1 Å². The van der Waals surface area contributed by atoms with Crippen molar-refractivity contribution in [2.45, 2.75) is 11.5 Å². The Labute approximate surface area is 157 Å². The topological polar surface area (TPSA) is 80.7 Å². The van der Waals surface area contributed by atoms with Crippen LogP contribution in [0.3, 0.4) is 0 Å². The molecule has 138 valence electrons. The molecule has 0 aliphatic carbocycles. The van der Waals surface area contributed by atoms with Gasteiger partial charge >= 0.3 is 5.97 Å². The summed E-state index contributed by atoms with van der Waals surface area (Å²) in [6, 6.07) is 20.6. The third-order valence-corrected chi connectivity index (χ3v) is 5.17. The Bertz CT molecular complexity index is 1070. The molecule has 1 N–H and O–H groups in total. The third-order valence-electron chi connectivity index (χ3n) is 4.02. The predicted molar refractivity (Wildman–Crippen MR) is 103 cm³/mol. The van der Waals surface area contributed by atoms with Gasteiger partial charge in [0.15, 0.2) is 9.84 Å². The van der Waals surface area contributed by atoms with Crippen LogP contribution in [-0.4, -0.2) is 25.7 Å². The Morgan fingerprint density at radius 3 is 2.37 bits per heavy atom. The van der Waals surface area contributed by atoms with E-state index in [-0.39, 0.29) is 10.5 Å². The first-order valence-corrected chi connectivity index (χ1v) is 10.1. The van der Waals surface area contributed by atoms with Gasteiger partial charge in [0.2, 0.25) is 0 Å². The Hall–Kier alpha value is -3.12. The summed E-state index contributed by atoms with van der Waals surface area (Å²) in [4.78, 5) is 11.4. The third kappa shape index (κ3) is 4.54. The number of carbonyl (C=O) groups is 1. The number of aromatic carboxylic acids is 1. The largest absolute Gasteiger partial charge is 0.489 e. The van der Waals surface area contributed by atoms with Crippen molar-refractivity contribution in [1.82, 2.24) is 0 Å². The second-order valence-electron chi connectivity index (χ2n) is 6.09. The lowest BCUT2D eigenvalue weighted by Crippen LogP contribution is -2.03. The zero-order valence-electron chi connectivity index (χ0n) is 14.6. The van der Waals surface area contributed by atoms with Crippen LogP contribution in [0.15, 0.2) is 77.7 Å². The van der Waals surface area contributed by atoms with Crippen LogP contribution >= 0.6 is 0 Å². The summed E-state index contributed by atoms with van der Waals surface area (Å²) in [6.07, 6.45) is 1.10. The molecule has 0 amide bonds. The first-order chi connectivity index (χ1) is 12.8. The summed E-state index contributed by atoms with van der Waals surface area (Å²) in [6.45, 7) is 0.373. The summed E-state index contributed by atoms with van der Waals surface area (Å²) in [5.74, 6) is -0.552. The molecule has 0 aromatic heterocycles. The van der Waals surface area contributed by atoms with Crippen molar-refractivity contribution >= 4 is 15.8 Å². The summed E-state index contributed by atoms with van der Waals surface area (Å²) in [7, 11) is -3.53. The molecule has 0 saturated carbocycles. The van der Waals surface area contributed by atoms with Gasteiger partial charge in [0.1, 0.15) is 12.4 Å². The van der Waals surface area contributed by atoms with Crippen molar-refractivity contribution in [3.05, 3.63) is 83.9 Å². The van der Waals surface area contributed by atoms with Crippen molar-refractivity contribution in [1.29, 1.82) is 0 Å². The molecule has 3 rings (SSSR count). The monoisotopic (exact) mass is 382 g/mol. The lowest BCUT2D eigenvalue weighted by atomic mass is 10.0. The van der Waals surface area contributed by atoms with Gasteiger partial charge in [0.25, 0.3) is 0 Å². The number of carboxylic acid groups (broad SMARTS) is 1. The normalized spacial score (nSPS) is 11.1. The van der Waals surface area contributed by atoms with Crippen LogP contribution in [0.1, 0.15) is 15.9 Å². The van der Waals surface area contributed by atoms with E-state index in [2.05, 4.69) is 0 Å². The molecule has 3 aromatic rings. The fourth-order valence-corrected chi connectivity index (χ4v) is 3.60. The molecule has 0 radical (unpaired) electrons. The Kier molecular flexibility index (Phi) is 5.28. The van der Waals surface area contributed by atoms with Crippen LogP contribution in [0, 0.1) is 0 Å². The molecular formula is C21H18O5S. The Morgan fingerprint density at radius 1 is 0.963 bits per heavy atom. The molecule has 6 heteroatoms. The highest BCUT2D eigenvalue weighted by atomic mass is 32.2. The molecule has 0 aliphatic rings. The van der Waals surface area contributed by atoms with E-state index in [9.17, 15) is 18.3 Å². The van der Waals surface area contributed by atoms with E-state index in [1.807, 2.05) is 30.3 Å². The highest BCUT2D eigenvalue weighted by Crippen LogP contribution is 2.31. The van der Waals surface area contributed by atoms with Gasteiger partial charge in [0, 0.05) is 11.8 Å². The maximum absolute atomic E-state index is 12.1. The van der Waals surface area contributed by atoms with Gasteiger partial charge < -0.3 is 9.84 Å². The molecule has 0 bridgehead atoms. The number of rotatable bonds is 6. The average molecular weight is 382 g/mol. The lowest BCUT2D eigenvalue weighted by molar-refractivity contribution is 0.0697. The second-order valence-corrected chi connectivity index (χ2v) is 8.07. The molecule has 0 aliphatic heterocycles. The molecular weight excluding hydrogens is 364 g/mol. The number of hydrogen-bond acceptors (Lipinski definition) is 4. The van der Waals surface area contributed by atoms with Gasteiger partial charge in [-0.1, -0.05) is 42.5 Å². The van der Waals surface area contributed by atoms with E-state index in [1.165, 1.54) is 18.2 Å². The number of carboxylic acids is 1. The number of hydrogen-bond donors (Lipinski definition) is 1. The minimum atomic E-state index is -3.53. The van der Waals surface area contributed by atoms with Crippen molar-refractivity contribution in [2.24, 2.45) is 0 Å². The second kappa shape index (κ2) is 7.63. The highest BCUT2D eigenvalue weighted by molar-refractivity contribution is 7.90. The molecule has 27 heavy (non-hydrogen) atoms. The molecule has 0 unspecified atom stereocenters. The van der Waals surface area contributed by atoms with Crippen molar-refractivity contribution in [3.8, 4) is 16.9 Å². The van der Waals surface area contributed by atoms with Crippen LogP contribution in [0.2, 0.25) is 0 Å². The Balaban J connectivity index is 1.98. The van der Waals surface area contributed by atoms with E-state index in [0.717, 1.165) is 11.8 Å². The van der Waals surface area contributed by atoms with Crippen LogP contribution < -0.4 is 4.74 Å². The fourth-order valence-electron chi connectivity index (χ4n) is 2.71. The van der Waals surface area contributed by atoms with Gasteiger partial charge in [0.05, 0.1) is 10.5 Å². The van der Waals surface area contributed by atoms with Crippen LogP contribution in [0.5, 0.6) is 5.75 Å². The van der Waals surface area contributed by atoms with Gasteiger partial charge in [-0.25, -0.2) is 13.2 Å². The Morgan fingerprint density at radius 2 is 1.70 bits per heavy atom. The quantitative estimate of drug-likeness (QED) is 0.696. The summed E-state index contributed by atoms with van der Waals surface area (Å²) in [5, 5.41) is 9.24. The summed E-state index contributed by atoms with van der Waals surface area (Å²) < 4.78 is 30.0. The maximum atomic E-state index is 12.1. The molecule has 5 nitrogen and oxygen atoms in total. The number of sulfone groups is 1. The number of ether oxygens (including phenoxy) is 1.